The minimum Gasteiger partial charge on any atom is -0.462 e. The second kappa shape index (κ2) is 8.89. The van der Waals surface area contributed by atoms with E-state index in [1.165, 1.54) is 18.3 Å². The largest absolute Gasteiger partial charge is 0.462 e. The fraction of sp³-hybridized carbons (Fsp3) is 0.304. The Hall–Kier alpha value is -3.95. The van der Waals surface area contributed by atoms with E-state index in [0.717, 1.165) is 0 Å². The van der Waals surface area contributed by atoms with Crippen LogP contribution in [0.3, 0.4) is 0 Å². The van der Waals surface area contributed by atoms with E-state index in [1.54, 1.807) is 42.8 Å². The number of rotatable bonds is 5. The molecular weight excluding hydrogens is 431 g/mol. The molecule has 0 unspecified atom stereocenters. The van der Waals surface area contributed by atoms with Crippen molar-refractivity contribution in [1.82, 2.24) is 4.57 Å². The Bertz CT molecular complexity index is 1300. The van der Waals surface area contributed by atoms with Gasteiger partial charge in [0.25, 0.3) is 5.69 Å². The molecule has 0 amide bonds. The van der Waals surface area contributed by atoms with Crippen molar-refractivity contribution in [3.63, 3.8) is 0 Å². The van der Waals surface area contributed by atoms with Crippen molar-refractivity contribution in [3.8, 4) is 0 Å². The van der Waals surface area contributed by atoms with Crippen LogP contribution < -0.4 is 15.2 Å². The first-order valence-electron chi connectivity index (χ1n) is 10.5. The molecule has 0 radical (unpaired) electrons. The van der Waals surface area contributed by atoms with Gasteiger partial charge >= 0.3 is 5.97 Å². The molecule has 1 aromatic heterocycles. The third kappa shape index (κ3) is 4.11. The number of ether oxygens (including phenoxy) is 1. The van der Waals surface area contributed by atoms with Crippen LogP contribution in [0.2, 0.25) is 0 Å². The van der Waals surface area contributed by atoms with E-state index in [-0.39, 0.29) is 29.1 Å². The van der Waals surface area contributed by atoms with Gasteiger partial charge in [-0.3, -0.25) is 14.9 Å². The Labute approximate surface area is 188 Å². The highest BCUT2D eigenvalue weighted by Crippen LogP contribution is 2.33. The number of halogens is 1. The van der Waals surface area contributed by atoms with Gasteiger partial charge in [0.05, 0.1) is 28.1 Å². The van der Waals surface area contributed by atoms with Crippen molar-refractivity contribution in [3.05, 3.63) is 74.3 Å². The number of hydrogen-bond acceptors (Lipinski definition) is 7. The number of hydrogen-bond donors (Lipinski definition) is 0. The topological polar surface area (TPSA) is 97.9 Å². The number of pyridine rings is 1. The summed E-state index contributed by atoms with van der Waals surface area (Å²) in [6.45, 7) is 3.59. The molecule has 3 aromatic rings. The quantitative estimate of drug-likeness (QED) is 0.332. The molecule has 33 heavy (non-hydrogen) atoms. The third-order valence-electron chi connectivity index (χ3n) is 5.79. The minimum atomic E-state index is -0.768. The van der Waals surface area contributed by atoms with E-state index in [4.69, 9.17) is 4.74 Å². The number of benzene rings is 2. The number of carbonyl (C=O) groups excluding carboxylic acids is 1. The summed E-state index contributed by atoms with van der Waals surface area (Å²) in [7, 11) is 1.66. The van der Waals surface area contributed by atoms with Gasteiger partial charge in [-0.25, -0.2) is 9.18 Å². The lowest BCUT2D eigenvalue weighted by Gasteiger charge is -2.37. The molecule has 1 saturated heterocycles. The lowest BCUT2D eigenvalue weighted by molar-refractivity contribution is -0.384. The maximum Gasteiger partial charge on any atom is 0.343 e. The number of aromatic nitrogens is 1. The van der Waals surface area contributed by atoms with Crippen LogP contribution in [-0.2, 0) is 11.8 Å². The highest BCUT2D eigenvalue weighted by molar-refractivity contribution is 5.96. The molecule has 2 heterocycles. The normalized spacial score (nSPS) is 13.9. The highest BCUT2D eigenvalue weighted by Gasteiger charge is 2.27. The predicted molar refractivity (Wildman–Crippen MR) is 123 cm³/mol. The molecule has 1 fully saturated rings. The molecule has 0 atom stereocenters. The third-order valence-corrected chi connectivity index (χ3v) is 5.79. The summed E-state index contributed by atoms with van der Waals surface area (Å²) >= 11 is 0. The van der Waals surface area contributed by atoms with Crippen LogP contribution >= 0.6 is 0 Å². The van der Waals surface area contributed by atoms with E-state index >= 15 is 0 Å². The first-order chi connectivity index (χ1) is 15.8. The summed E-state index contributed by atoms with van der Waals surface area (Å²) in [6.07, 6.45) is 1.38. The molecular formula is C23H23FN4O5. The van der Waals surface area contributed by atoms with Gasteiger partial charge in [-0.05, 0) is 25.1 Å². The number of fused-ring (bicyclic) bond motifs is 1. The predicted octanol–water partition coefficient (Wildman–Crippen LogP) is 3.09. The average molecular weight is 454 g/mol. The molecule has 1 aliphatic rings. The lowest BCUT2D eigenvalue weighted by atomic mass is 10.1. The first kappa shape index (κ1) is 22.3. The summed E-state index contributed by atoms with van der Waals surface area (Å²) in [5, 5.41) is 11.9. The number of para-hydroxylation sites is 1. The number of anilines is 2. The second-order valence-electron chi connectivity index (χ2n) is 7.74. The number of piperazine rings is 1. The molecule has 172 valence electrons. The van der Waals surface area contributed by atoms with Crippen molar-refractivity contribution in [1.29, 1.82) is 0 Å². The summed E-state index contributed by atoms with van der Waals surface area (Å²) < 4.78 is 20.7. The van der Waals surface area contributed by atoms with E-state index in [2.05, 4.69) is 0 Å². The standard InChI is InChI=1S/C23H23FN4O5/c1-3-33-23(30)16-14-25(2)19-13-20(21(28(31)32)12-15(19)22(16)29)27-10-8-26(9-11-27)18-7-5-4-6-17(18)24/h4-7,12-14H,3,8-11H2,1-2H3. The van der Waals surface area contributed by atoms with E-state index in [0.29, 0.717) is 43.1 Å². The van der Waals surface area contributed by atoms with Crippen molar-refractivity contribution in [2.45, 2.75) is 6.92 Å². The summed E-state index contributed by atoms with van der Waals surface area (Å²) in [4.78, 5) is 40.2. The van der Waals surface area contributed by atoms with Gasteiger partial charge in [0, 0.05) is 45.5 Å². The molecule has 9 nitrogen and oxygen atoms in total. The monoisotopic (exact) mass is 454 g/mol. The van der Waals surface area contributed by atoms with Crippen LogP contribution in [0.25, 0.3) is 10.9 Å². The summed E-state index contributed by atoms with van der Waals surface area (Å²) in [5.74, 6) is -1.08. The summed E-state index contributed by atoms with van der Waals surface area (Å²) in [5.41, 5.74) is 0.330. The van der Waals surface area contributed by atoms with Crippen molar-refractivity contribution in [2.75, 3.05) is 42.6 Å². The van der Waals surface area contributed by atoms with Crippen LogP contribution in [-0.4, -0.2) is 48.2 Å². The Morgan fingerprint density at radius 2 is 1.76 bits per heavy atom. The number of carbonyl (C=O) groups is 1. The first-order valence-corrected chi connectivity index (χ1v) is 10.5. The van der Waals surface area contributed by atoms with Gasteiger partial charge in [0.2, 0.25) is 5.43 Å². The van der Waals surface area contributed by atoms with E-state index < -0.39 is 16.3 Å². The second-order valence-corrected chi connectivity index (χ2v) is 7.74. The van der Waals surface area contributed by atoms with Gasteiger partial charge in [-0.15, -0.1) is 0 Å². The average Bonchev–Trinajstić information content (AvgIpc) is 2.81. The number of esters is 1. The smallest absolute Gasteiger partial charge is 0.343 e. The molecule has 0 spiro atoms. The number of aryl methyl sites for hydroxylation is 1. The fourth-order valence-corrected chi connectivity index (χ4v) is 4.16. The van der Waals surface area contributed by atoms with Crippen molar-refractivity contribution >= 4 is 33.9 Å². The van der Waals surface area contributed by atoms with Crippen molar-refractivity contribution < 1.29 is 18.8 Å². The molecule has 0 bridgehead atoms. The molecule has 0 aliphatic carbocycles. The Balaban J connectivity index is 1.72. The maximum absolute atomic E-state index is 14.1. The van der Waals surface area contributed by atoms with Gasteiger partial charge in [-0.1, -0.05) is 12.1 Å². The maximum atomic E-state index is 14.1. The number of nitrogens with zero attached hydrogens (tertiary/aromatic N) is 4. The molecule has 10 heteroatoms. The zero-order valence-electron chi connectivity index (χ0n) is 18.3. The van der Waals surface area contributed by atoms with Gasteiger partial charge in [-0.2, -0.15) is 0 Å². The zero-order valence-corrected chi connectivity index (χ0v) is 18.3. The van der Waals surface area contributed by atoms with Crippen LogP contribution in [0.15, 0.2) is 47.4 Å². The van der Waals surface area contributed by atoms with Gasteiger partial charge < -0.3 is 19.1 Å². The minimum absolute atomic E-state index is 0.0727. The Morgan fingerprint density at radius 3 is 2.36 bits per heavy atom. The van der Waals surface area contributed by atoms with Crippen LogP contribution in [0.5, 0.6) is 0 Å². The zero-order chi connectivity index (χ0) is 23.7. The molecule has 0 saturated carbocycles. The van der Waals surface area contributed by atoms with Gasteiger partial charge in [0.15, 0.2) is 0 Å². The fourth-order valence-electron chi connectivity index (χ4n) is 4.16. The molecule has 0 N–H and O–H groups in total. The van der Waals surface area contributed by atoms with E-state index in [9.17, 15) is 24.1 Å². The Morgan fingerprint density at radius 1 is 1.12 bits per heavy atom. The van der Waals surface area contributed by atoms with Crippen LogP contribution in [0.4, 0.5) is 21.5 Å². The molecule has 4 rings (SSSR count). The van der Waals surface area contributed by atoms with E-state index in [1.807, 2.05) is 9.80 Å². The summed E-state index contributed by atoms with van der Waals surface area (Å²) in [6, 6.07) is 9.33. The van der Waals surface area contributed by atoms with Crippen molar-refractivity contribution in [2.24, 2.45) is 7.05 Å². The lowest BCUT2D eigenvalue weighted by Crippen LogP contribution is -2.47. The highest BCUT2D eigenvalue weighted by atomic mass is 19.1. The number of nitro benzene ring substituents is 1. The van der Waals surface area contributed by atoms with Crippen LogP contribution in [0.1, 0.15) is 17.3 Å². The number of nitro groups is 1. The van der Waals surface area contributed by atoms with Crippen LogP contribution in [0, 0.1) is 15.9 Å². The molecule has 1 aliphatic heterocycles. The SMILES string of the molecule is CCOC(=O)c1cn(C)c2cc(N3CCN(c4ccccc4F)CC3)c([N+](=O)[O-])cc2c1=O. The molecule has 2 aromatic carbocycles. The Kier molecular flexibility index (Phi) is 5.99. The van der Waals surface area contributed by atoms with Gasteiger partial charge in [0.1, 0.15) is 17.1 Å².